The Kier molecular flexibility index (Phi) is 19.9. The van der Waals surface area contributed by atoms with Gasteiger partial charge in [-0.15, -0.1) is 5.92 Å². The van der Waals surface area contributed by atoms with E-state index < -0.39 is 0 Å². The SMILES string of the molecule is CC#CC(C)OCC1O[C@@H]([B]C#CCNC(=O)COCCOC(COc2cccc(C(=O)NCCN)c2)SSC(C)(C)C)C[C@H]1ON. The second kappa shape index (κ2) is 23.0. The number of carbonyl (C=O) groups is 2. The van der Waals surface area contributed by atoms with Gasteiger partial charge in [0.2, 0.25) is 5.91 Å². The molecule has 15 heteroatoms. The Morgan fingerprint density at radius 3 is 2.74 bits per heavy atom. The zero-order valence-corrected chi connectivity index (χ0v) is 29.5. The maximum absolute atomic E-state index is 12.2. The third kappa shape index (κ3) is 18.1. The summed E-state index contributed by atoms with van der Waals surface area (Å²) in [7, 11) is 4.95. The topological polar surface area (TPSA) is 166 Å². The second-order valence-corrected chi connectivity index (χ2v) is 14.5. The van der Waals surface area contributed by atoms with Crippen molar-refractivity contribution in [2.24, 2.45) is 11.6 Å². The van der Waals surface area contributed by atoms with E-state index in [1.165, 1.54) is 0 Å². The lowest BCUT2D eigenvalue weighted by atomic mass is 9.71. The summed E-state index contributed by atoms with van der Waals surface area (Å²) in [5.41, 5.74) is 5.65. The minimum Gasteiger partial charge on any atom is -0.490 e. The Balaban J connectivity index is 1.68. The molecule has 6 N–H and O–H groups in total. The minimum atomic E-state index is -0.318. The average Bonchev–Trinajstić information content (AvgIpc) is 3.45. The predicted molar refractivity (Wildman–Crippen MR) is 187 cm³/mol. The highest BCUT2D eigenvalue weighted by Crippen LogP contribution is 2.38. The predicted octanol–water partition coefficient (Wildman–Crippen LogP) is 1.88. The molecule has 1 fully saturated rings. The van der Waals surface area contributed by atoms with E-state index >= 15 is 0 Å². The third-order valence-corrected chi connectivity index (χ3v) is 9.60. The van der Waals surface area contributed by atoms with Gasteiger partial charge in [-0.05, 0) is 38.5 Å². The summed E-state index contributed by atoms with van der Waals surface area (Å²) in [6.07, 6.45) is -0.283. The van der Waals surface area contributed by atoms with Crippen molar-refractivity contribution in [3.05, 3.63) is 29.8 Å². The lowest BCUT2D eigenvalue weighted by molar-refractivity contribution is -0.126. The number of hydrogen-bond acceptors (Lipinski definition) is 12. The van der Waals surface area contributed by atoms with E-state index in [1.54, 1.807) is 60.1 Å². The molecular weight excluding hydrogens is 643 g/mol. The van der Waals surface area contributed by atoms with Crippen LogP contribution in [0.4, 0.5) is 0 Å². The van der Waals surface area contributed by atoms with Gasteiger partial charge in [-0.2, -0.15) is 5.82 Å². The number of nitrogens with one attached hydrogen (secondary N) is 2. The first-order chi connectivity index (χ1) is 22.5. The van der Waals surface area contributed by atoms with E-state index in [0.717, 1.165) is 0 Å². The first kappa shape index (κ1) is 40.7. The van der Waals surface area contributed by atoms with Crippen LogP contribution in [0.5, 0.6) is 5.75 Å². The Labute approximate surface area is 287 Å². The smallest absolute Gasteiger partial charge is 0.251 e. The first-order valence-electron chi connectivity index (χ1n) is 15.4. The Hall–Kier alpha value is -2.44. The largest absolute Gasteiger partial charge is 0.490 e. The average molecular weight is 692 g/mol. The van der Waals surface area contributed by atoms with E-state index in [2.05, 4.69) is 55.0 Å². The molecule has 1 aromatic rings. The van der Waals surface area contributed by atoms with Crippen LogP contribution >= 0.6 is 21.6 Å². The number of carbonyl (C=O) groups excluding carboxylic acids is 2. The van der Waals surface area contributed by atoms with Crippen LogP contribution < -0.4 is 27.0 Å². The number of amides is 2. The van der Waals surface area contributed by atoms with Gasteiger partial charge in [-0.25, -0.2) is 5.90 Å². The molecule has 1 aliphatic rings. The van der Waals surface area contributed by atoms with Crippen molar-refractivity contribution in [2.45, 2.75) is 75.5 Å². The standard InChI is InChI=1S/C32H48BN4O8S2/c1-6-9-23(2)42-20-27-26(45-35)19-28(44-27)33-12-8-14-36-29(38)21-40-16-17-41-30(46-47-32(3,4)5)22-43-25-11-7-10-24(18-25)31(39)37-15-13-34/h7,10-11,18,23,26-28,30H,13-17,19-22,34-35H2,1-5H3,(H,36,38)(H,37,39)/t23?,26-,27?,28-,30?/m1/s1. The summed E-state index contributed by atoms with van der Waals surface area (Å²) in [5.74, 6) is 17.0. The monoisotopic (exact) mass is 691 g/mol. The van der Waals surface area contributed by atoms with E-state index in [4.69, 9.17) is 40.2 Å². The molecule has 1 saturated heterocycles. The lowest BCUT2D eigenvalue weighted by Crippen LogP contribution is -2.32. The Morgan fingerprint density at radius 2 is 2.02 bits per heavy atom. The van der Waals surface area contributed by atoms with Gasteiger partial charge in [0.15, 0.2) is 0 Å². The van der Waals surface area contributed by atoms with Crippen LogP contribution in [-0.4, -0.2) is 106 Å². The van der Waals surface area contributed by atoms with Gasteiger partial charge in [-0.3, -0.25) is 14.4 Å². The van der Waals surface area contributed by atoms with Crippen molar-refractivity contribution in [3.63, 3.8) is 0 Å². The van der Waals surface area contributed by atoms with Crippen molar-refractivity contribution in [3.8, 4) is 29.3 Å². The first-order valence-corrected chi connectivity index (χ1v) is 17.6. The van der Waals surface area contributed by atoms with Gasteiger partial charge >= 0.3 is 0 Å². The molecular formula is C32H48BN4O8S2. The second-order valence-electron chi connectivity index (χ2n) is 11.3. The van der Waals surface area contributed by atoms with Crippen molar-refractivity contribution < 1.29 is 38.1 Å². The van der Waals surface area contributed by atoms with Crippen LogP contribution in [0.2, 0.25) is 0 Å². The maximum atomic E-state index is 12.2. The maximum Gasteiger partial charge on any atom is 0.251 e. The van der Waals surface area contributed by atoms with Crippen molar-refractivity contribution in [1.82, 2.24) is 10.6 Å². The molecule has 0 saturated carbocycles. The normalized spacial score (nSPS) is 18.6. The highest BCUT2D eigenvalue weighted by atomic mass is 33.1. The highest BCUT2D eigenvalue weighted by molar-refractivity contribution is 8.77. The number of rotatable bonds is 20. The van der Waals surface area contributed by atoms with Gasteiger partial charge in [0.25, 0.3) is 13.2 Å². The van der Waals surface area contributed by atoms with Gasteiger partial charge in [0.1, 0.15) is 42.7 Å². The molecule has 2 rings (SSSR count). The van der Waals surface area contributed by atoms with Crippen LogP contribution in [-0.2, 0) is 28.6 Å². The number of benzene rings is 1. The molecule has 1 aromatic carbocycles. The lowest BCUT2D eigenvalue weighted by Gasteiger charge is -2.22. The molecule has 1 heterocycles. The fourth-order valence-electron chi connectivity index (χ4n) is 3.91. The molecule has 1 radical (unpaired) electrons. The summed E-state index contributed by atoms with van der Waals surface area (Å²) in [6, 6.07) is 6.68. The summed E-state index contributed by atoms with van der Waals surface area (Å²) >= 11 is 0. The van der Waals surface area contributed by atoms with E-state index in [-0.39, 0.29) is 79.3 Å². The third-order valence-electron chi connectivity index (χ3n) is 6.09. The quantitative estimate of drug-likeness (QED) is 0.0393. The van der Waals surface area contributed by atoms with Crippen LogP contribution in [0, 0.1) is 23.6 Å². The van der Waals surface area contributed by atoms with Crippen LogP contribution in [0.25, 0.3) is 0 Å². The number of ether oxygens (including phenoxy) is 5. The van der Waals surface area contributed by atoms with E-state index in [1.807, 2.05) is 6.92 Å². The van der Waals surface area contributed by atoms with Crippen LogP contribution in [0.15, 0.2) is 24.3 Å². The van der Waals surface area contributed by atoms with Gasteiger partial charge in [0, 0.05) is 29.4 Å². The highest BCUT2D eigenvalue weighted by Gasteiger charge is 2.36. The summed E-state index contributed by atoms with van der Waals surface area (Å²) in [5, 5.41) is 5.45. The van der Waals surface area contributed by atoms with Crippen molar-refractivity contribution in [2.75, 3.05) is 52.7 Å². The van der Waals surface area contributed by atoms with E-state index in [0.29, 0.717) is 37.4 Å². The molecule has 0 aliphatic carbocycles. The van der Waals surface area contributed by atoms with Crippen LogP contribution in [0.3, 0.4) is 0 Å². The molecule has 2 amide bonds. The summed E-state index contributed by atoms with van der Waals surface area (Å²) < 4.78 is 29.0. The zero-order valence-electron chi connectivity index (χ0n) is 27.9. The molecule has 5 atom stereocenters. The molecule has 0 bridgehead atoms. The molecule has 0 aromatic heterocycles. The molecule has 12 nitrogen and oxygen atoms in total. The minimum absolute atomic E-state index is 0.00798. The molecule has 259 valence electrons. The fraction of sp³-hybridized carbons (Fsp3) is 0.625. The Morgan fingerprint density at radius 1 is 1.21 bits per heavy atom. The van der Waals surface area contributed by atoms with Gasteiger partial charge < -0.3 is 40.1 Å². The summed E-state index contributed by atoms with van der Waals surface area (Å²) in [6.45, 7) is 11.8. The number of hydrogen-bond donors (Lipinski definition) is 4. The number of nitrogens with two attached hydrogens (primary N) is 2. The zero-order chi connectivity index (χ0) is 34.5. The molecule has 47 heavy (non-hydrogen) atoms. The van der Waals surface area contributed by atoms with Crippen LogP contribution in [0.1, 0.15) is 51.4 Å². The van der Waals surface area contributed by atoms with Crippen molar-refractivity contribution in [1.29, 1.82) is 0 Å². The van der Waals surface area contributed by atoms with Gasteiger partial charge in [0.05, 0.1) is 26.4 Å². The Bertz CT molecular complexity index is 1220. The molecule has 1 aliphatic heterocycles. The molecule has 3 unspecified atom stereocenters. The molecule has 0 spiro atoms. The fourth-order valence-corrected chi connectivity index (χ4v) is 6.10. The van der Waals surface area contributed by atoms with E-state index in [9.17, 15) is 9.59 Å². The summed E-state index contributed by atoms with van der Waals surface area (Å²) in [4.78, 5) is 29.5. The van der Waals surface area contributed by atoms with Gasteiger partial charge in [-0.1, -0.05) is 60.3 Å². The van der Waals surface area contributed by atoms with Crippen molar-refractivity contribution >= 4 is 40.7 Å².